The number of hydrogen-bond donors (Lipinski definition) is 3. The van der Waals surface area contributed by atoms with Crippen molar-refractivity contribution in [2.45, 2.75) is 43.4 Å². The second-order valence-electron chi connectivity index (χ2n) is 7.75. The summed E-state index contributed by atoms with van der Waals surface area (Å²) in [6.07, 6.45) is 5.70. The van der Waals surface area contributed by atoms with Gasteiger partial charge in [0, 0.05) is 25.2 Å². The number of aliphatic imine (C=N–C) groups is 1. The molecule has 7 nitrogen and oxygen atoms in total. The van der Waals surface area contributed by atoms with E-state index in [1.54, 1.807) is 12.1 Å². The molecule has 1 saturated carbocycles. The normalized spacial score (nSPS) is 27.7. The van der Waals surface area contributed by atoms with Crippen molar-refractivity contribution in [2.24, 2.45) is 16.3 Å². The van der Waals surface area contributed by atoms with Crippen molar-refractivity contribution < 1.29 is 13.2 Å². The molecule has 0 bridgehead atoms. The Kier molecular flexibility index (Phi) is 4.94. The van der Waals surface area contributed by atoms with E-state index in [0.29, 0.717) is 37.0 Å². The molecule has 1 aromatic carbocycles. The van der Waals surface area contributed by atoms with Crippen molar-refractivity contribution in [3.05, 3.63) is 24.3 Å². The molecule has 1 aromatic rings. The van der Waals surface area contributed by atoms with Crippen LogP contribution in [-0.4, -0.2) is 39.8 Å². The summed E-state index contributed by atoms with van der Waals surface area (Å²) < 4.78 is 27.7. The fourth-order valence-corrected chi connectivity index (χ4v) is 5.66. The summed E-state index contributed by atoms with van der Waals surface area (Å²) in [6, 6.07) is 6.45. The summed E-state index contributed by atoms with van der Waals surface area (Å²) in [4.78, 5) is 17.4. The molecule has 1 aliphatic carbocycles. The van der Waals surface area contributed by atoms with Gasteiger partial charge in [0.25, 0.3) is 10.0 Å². The zero-order chi connectivity index (χ0) is 18.9. The molecular formula is C19H26N4O3S. The van der Waals surface area contributed by atoms with Crippen LogP contribution in [-0.2, 0) is 14.8 Å². The molecule has 27 heavy (non-hydrogen) atoms. The Balaban J connectivity index is 1.52. The number of hydrogen-bond acceptors (Lipinski definition) is 5. The second-order valence-corrected chi connectivity index (χ2v) is 9.43. The van der Waals surface area contributed by atoms with E-state index < -0.39 is 10.0 Å². The van der Waals surface area contributed by atoms with Gasteiger partial charge in [0.15, 0.2) is 0 Å². The van der Waals surface area contributed by atoms with Gasteiger partial charge >= 0.3 is 0 Å². The Morgan fingerprint density at radius 1 is 1.26 bits per heavy atom. The van der Waals surface area contributed by atoms with Crippen molar-refractivity contribution in [2.75, 3.05) is 25.0 Å². The van der Waals surface area contributed by atoms with Crippen molar-refractivity contribution in [1.82, 2.24) is 10.0 Å². The number of rotatable bonds is 4. The van der Waals surface area contributed by atoms with Crippen LogP contribution in [0.4, 0.5) is 5.69 Å². The number of carbonyl (C=O) groups excluding carboxylic acids is 1. The monoisotopic (exact) mass is 390 g/mol. The molecule has 2 atom stereocenters. The minimum Gasteiger partial charge on any atom is -0.326 e. The molecule has 4 rings (SSSR count). The van der Waals surface area contributed by atoms with Gasteiger partial charge in [-0.3, -0.25) is 14.5 Å². The van der Waals surface area contributed by atoms with Gasteiger partial charge in [0.05, 0.1) is 10.3 Å². The van der Waals surface area contributed by atoms with E-state index >= 15 is 0 Å². The highest BCUT2D eigenvalue weighted by molar-refractivity contribution is 7.90. The molecular weight excluding hydrogens is 364 g/mol. The molecule has 2 aliphatic heterocycles. The number of fused-ring (bicyclic) bond motifs is 1. The molecule has 1 amide bonds. The number of sulfonamides is 1. The van der Waals surface area contributed by atoms with Gasteiger partial charge in [0.2, 0.25) is 5.91 Å². The molecule has 0 unspecified atom stereocenters. The first kappa shape index (κ1) is 18.4. The van der Waals surface area contributed by atoms with Gasteiger partial charge in [-0.1, -0.05) is 18.9 Å². The minimum absolute atomic E-state index is 0.000116. The molecule has 3 aliphatic rings. The van der Waals surface area contributed by atoms with Crippen molar-refractivity contribution in [1.29, 1.82) is 0 Å². The summed E-state index contributed by atoms with van der Waals surface area (Å²) in [6.45, 7) is 2.24. The lowest BCUT2D eigenvalue weighted by Gasteiger charge is -2.37. The van der Waals surface area contributed by atoms with E-state index in [1.165, 1.54) is 18.6 Å². The summed E-state index contributed by atoms with van der Waals surface area (Å²) in [5, 5.41) is 6.35. The lowest BCUT2D eigenvalue weighted by molar-refractivity contribution is -0.128. The number of amidine groups is 1. The minimum atomic E-state index is -3.69. The summed E-state index contributed by atoms with van der Waals surface area (Å²) in [7, 11) is -3.69. The van der Waals surface area contributed by atoms with Crippen LogP contribution in [0.15, 0.2) is 34.2 Å². The number of carbonyl (C=O) groups is 1. The lowest BCUT2D eigenvalue weighted by atomic mass is 9.67. The van der Waals surface area contributed by atoms with E-state index in [0.717, 1.165) is 32.2 Å². The van der Waals surface area contributed by atoms with Gasteiger partial charge in [-0.05, 0) is 49.9 Å². The molecule has 2 heterocycles. The zero-order valence-corrected chi connectivity index (χ0v) is 16.1. The number of nitrogens with one attached hydrogen (secondary N) is 3. The van der Waals surface area contributed by atoms with Crippen LogP contribution >= 0.6 is 0 Å². The Morgan fingerprint density at radius 2 is 2.15 bits per heavy atom. The van der Waals surface area contributed by atoms with E-state index in [-0.39, 0.29) is 16.2 Å². The van der Waals surface area contributed by atoms with Gasteiger partial charge in [-0.25, -0.2) is 8.42 Å². The average molecular weight is 391 g/mol. The molecule has 0 spiro atoms. The summed E-state index contributed by atoms with van der Waals surface area (Å²) >= 11 is 0. The predicted octanol–water partition coefficient (Wildman–Crippen LogP) is 1.88. The molecule has 8 heteroatoms. The third kappa shape index (κ3) is 3.60. The van der Waals surface area contributed by atoms with Crippen molar-refractivity contribution in [3.8, 4) is 0 Å². The number of amides is 1. The van der Waals surface area contributed by atoms with Gasteiger partial charge < -0.3 is 10.6 Å². The van der Waals surface area contributed by atoms with Gasteiger partial charge in [-0.15, -0.1) is 0 Å². The Hall–Kier alpha value is -1.93. The van der Waals surface area contributed by atoms with Crippen LogP contribution in [0.25, 0.3) is 0 Å². The Labute approximate surface area is 160 Å². The smallest absolute Gasteiger partial charge is 0.262 e. The third-order valence-electron chi connectivity index (χ3n) is 6.02. The van der Waals surface area contributed by atoms with Crippen molar-refractivity contribution >= 4 is 27.5 Å². The largest absolute Gasteiger partial charge is 0.326 e. The first-order chi connectivity index (χ1) is 13.0. The van der Waals surface area contributed by atoms with Crippen LogP contribution in [0.3, 0.4) is 0 Å². The zero-order valence-electron chi connectivity index (χ0n) is 15.3. The average Bonchev–Trinajstić information content (AvgIpc) is 3.31. The molecule has 3 N–H and O–H groups in total. The third-order valence-corrected chi connectivity index (χ3v) is 7.40. The SMILES string of the molecule is O=C(Nc1cccc(S(=O)(=O)NC2=NCCC2)c1)[C@@]12CCCC[C@H]1CNC2. The number of anilines is 1. The van der Waals surface area contributed by atoms with Crippen LogP contribution in [0.1, 0.15) is 38.5 Å². The maximum Gasteiger partial charge on any atom is 0.262 e. The van der Waals surface area contributed by atoms with E-state index in [1.807, 2.05) is 0 Å². The second kappa shape index (κ2) is 7.24. The summed E-state index contributed by atoms with van der Waals surface area (Å²) in [5.74, 6) is 0.866. The van der Waals surface area contributed by atoms with E-state index in [2.05, 4.69) is 20.3 Å². The predicted molar refractivity (Wildman–Crippen MR) is 104 cm³/mol. The lowest BCUT2D eigenvalue weighted by Crippen LogP contribution is -2.44. The summed E-state index contributed by atoms with van der Waals surface area (Å²) in [5.41, 5.74) is 0.145. The number of nitrogens with zero attached hydrogens (tertiary/aromatic N) is 1. The standard InChI is InChI=1S/C19H26N4O3S/c24-18(19-9-2-1-5-14(19)12-20-13-19)22-15-6-3-7-16(11-15)27(25,26)23-17-8-4-10-21-17/h3,6-7,11,14,20H,1-2,4-5,8-10,12-13H2,(H,21,23)(H,22,24)/t14-,19+/m0/s1. The Morgan fingerprint density at radius 3 is 2.96 bits per heavy atom. The van der Waals surface area contributed by atoms with Crippen LogP contribution < -0.4 is 15.4 Å². The highest BCUT2D eigenvalue weighted by Gasteiger charge is 2.49. The highest BCUT2D eigenvalue weighted by Crippen LogP contribution is 2.44. The van der Waals surface area contributed by atoms with Crippen LogP contribution in [0.5, 0.6) is 0 Å². The molecule has 0 radical (unpaired) electrons. The van der Waals surface area contributed by atoms with E-state index in [4.69, 9.17) is 0 Å². The van der Waals surface area contributed by atoms with Gasteiger partial charge in [-0.2, -0.15) is 0 Å². The number of benzene rings is 1. The molecule has 1 saturated heterocycles. The fourth-order valence-electron chi connectivity index (χ4n) is 4.52. The molecule has 146 valence electrons. The maximum absolute atomic E-state index is 13.1. The van der Waals surface area contributed by atoms with Crippen LogP contribution in [0.2, 0.25) is 0 Å². The first-order valence-electron chi connectivity index (χ1n) is 9.68. The molecule has 0 aromatic heterocycles. The quantitative estimate of drug-likeness (QED) is 0.731. The van der Waals surface area contributed by atoms with Crippen molar-refractivity contribution in [3.63, 3.8) is 0 Å². The topological polar surface area (TPSA) is 99.7 Å². The fraction of sp³-hybridized carbons (Fsp3) is 0.579. The maximum atomic E-state index is 13.1. The molecule has 2 fully saturated rings. The van der Waals surface area contributed by atoms with E-state index in [9.17, 15) is 13.2 Å². The van der Waals surface area contributed by atoms with Gasteiger partial charge in [0.1, 0.15) is 5.84 Å². The van der Waals surface area contributed by atoms with Crippen LogP contribution in [0, 0.1) is 11.3 Å². The Bertz CT molecular complexity index is 867. The first-order valence-corrected chi connectivity index (χ1v) is 11.2. The highest BCUT2D eigenvalue weighted by atomic mass is 32.2.